The summed E-state index contributed by atoms with van der Waals surface area (Å²) in [6.07, 6.45) is 4.02. The van der Waals surface area contributed by atoms with Crippen LogP contribution in [0.3, 0.4) is 0 Å². The third kappa shape index (κ3) is 2.62. The van der Waals surface area contributed by atoms with Crippen LogP contribution < -0.4 is 5.32 Å². The van der Waals surface area contributed by atoms with E-state index in [4.69, 9.17) is 6.42 Å². The van der Waals surface area contributed by atoms with Gasteiger partial charge in [-0.15, -0.1) is 6.42 Å². The van der Waals surface area contributed by atoms with Crippen LogP contribution in [0, 0.1) is 12.3 Å². The van der Waals surface area contributed by atoms with Gasteiger partial charge in [0.15, 0.2) is 6.04 Å². The smallest absolute Gasteiger partial charge is 0.348 e. The van der Waals surface area contributed by atoms with Crippen molar-refractivity contribution in [1.82, 2.24) is 9.97 Å². The van der Waals surface area contributed by atoms with Crippen LogP contribution in [-0.2, 0) is 0 Å². The second-order valence-electron chi connectivity index (χ2n) is 2.38. The van der Waals surface area contributed by atoms with Gasteiger partial charge in [0.2, 0.25) is 0 Å². The van der Waals surface area contributed by atoms with Gasteiger partial charge in [-0.05, 0) is 0 Å². The molecule has 0 aliphatic carbocycles. The molecule has 1 atom stereocenters. The zero-order valence-corrected chi connectivity index (χ0v) is 6.92. The van der Waals surface area contributed by atoms with Crippen molar-refractivity contribution in [2.45, 2.75) is 12.2 Å². The number of halogens is 3. The first-order valence-electron chi connectivity index (χ1n) is 3.59. The second kappa shape index (κ2) is 3.96. The van der Waals surface area contributed by atoms with Gasteiger partial charge in [0.05, 0.1) is 6.20 Å². The third-order valence-corrected chi connectivity index (χ3v) is 1.35. The van der Waals surface area contributed by atoms with E-state index < -0.39 is 12.2 Å². The van der Waals surface area contributed by atoms with Crippen molar-refractivity contribution in [3.05, 3.63) is 18.6 Å². The summed E-state index contributed by atoms with van der Waals surface area (Å²) in [5.74, 6) is 1.58. The Labute approximate surface area is 78.4 Å². The molecule has 0 saturated carbocycles. The number of rotatable bonds is 2. The quantitative estimate of drug-likeness (QED) is 0.736. The van der Waals surface area contributed by atoms with E-state index >= 15 is 0 Å². The number of nitrogens with one attached hydrogen (secondary N) is 1. The summed E-state index contributed by atoms with van der Waals surface area (Å²) in [7, 11) is 0. The Bertz CT molecular complexity index is 328. The van der Waals surface area contributed by atoms with Crippen molar-refractivity contribution in [2.75, 3.05) is 5.32 Å². The molecule has 0 aliphatic rings. The Morgan fingerprint density at radius 3 is 2.57 bits per heavy atom. The van der Waals surface area contributed by atoms with Gasteiger partial charge in [-0.1, -0.05) is 5.92 Å². The van der Waals surface area contributed by atoms with Crippen LogP contribution >= 0.6 is 0 Å². The molecule has 1 rings (SSSR count). The number of aromatic nitrogens is 2. The Morgan fingerprint density at radius 2 is 2.14 bits per heavy atom. The molecular weight excluding hydrogens is 195 g/mol. The monoisotopic (exact) mass is 201 g/mol. The third-order valence-electron chi connectivity index (χ3n) is 1.35. The number of anilines is 1. The maximum atomic E-state index is 12.2. The summed E-state index contributed by atoms with van der Waals surface area (Å²) in [6, 6.07) is -2.04. The molecule has 6 heteroatoms. The molecule has 0 fully saturated rings. The highest BCUT2D eigenvalue weighted by molar-refractivity contribution is 5.35. The molecule has 0 aliphatic heterocycles. The van der Waals surface area contributed by atoms with Crippen LogP contribution in [0.5, 0.6) is 0 Å². The number of hydrogen-bond acceptors (Lipinski definition) is 3. The first-order valence-corrected chi connectivity index (χ1v) is 3.59. The highest BCUT2D eigenvalue weighted by atomic mass is 19.4. The first-order chi connectivity index (χ1) is 6.54. The predicted molar refractivity (Wildman–Crippen MR) is 44.3 cm³/mol. The topological polar surface area (TPSA) is 37.8 Å². The van der Waals surface area contributed by atoms with Crippen LogP contribution in [0.4, 0.5) is 19.0 Å². The Hall–Kier alpha value is -1.77. The summed E-state index contributed by atoms with van der Waals surface area (Å²) in [5.41, 5.74) is 0. The minimum Gasteiger partial charge on any atom is -0.348 e. The minimum absolute atomic E-state index is 0.00669. The van der Waals surface area contributed by atoms with Crippen molar-refractivity contribution < 1.29 is 13.2 Å². The number of nitrogens with zero attached hydrogens (tertiary/aromatic N) is 2. The van der Waals surface area contributed by atoms with Gasteiger partial charge in [-0.2, -0.15) is 13.2 Å². The van der Waals surface area contributed by atoms with Crippen molar-refractivity contribution in [1.29, 1.82) is 0 Å². The first kappa shape index (κ1) is 10.3. The van der Waals surface area contributed by atoms with E-state index in [-0.39, 0.29) is 5.82 Å². The lowest BCUT2D eigenvalue weighted by Gasteiger charge is -2.16. The van der Waals surface area contributed by atoms with Crippen LogP contribution in [0.15, 0.2) is 18.6 Å². The highest BCUT2D eigenvalue weighted by Crippen LogP contribution is 2.21. The SMILES string of the molecule is C#CC(Nc1cnccn1)C(F)(F)F. The molecule has 1 unspecified atom stereocenters. The molecule has 0 bridgehead atoms. The molecule has 74 valence electrons. The lowest BCUT2D eigenvalue weighted by molar-refractivity contribution is -0.130. The molecule has 0 radical (unpaired) electrons. The lowest BCUT2D eigenvalue weighted by Crippen LogP contribution is -2.35. The molecule has 1 aromatic rings. The Morgan fingerprint density at radius 1 is 1.43 bits per heavy atom. The molecule has 1 N–H and O–H groups in total. The van der Waals surface area contributed by atoms with E-state index in [9.17, 15) is 13.2 Å². The standard InChI is InChI=1S/C8H6F3N3/c1-2-6(8(9,10)11)14-7-5-12-3-4-13-7/h1,3-6H,(H,13,14). The summed E-state index contributed by atoms with van der Waals surface area (Å²) in [6.45, 7) is 0. The maximum Gasteiger partial charge on any atom is 0.420 e. The summed E-state index contributed by atoms with van der Waals surface area (Å²) < 4.78 is 36.5. The number of alkyl halides is 3. The van der Waals surface area contributed by atoms with Crippen LogP contribution in [0.25, 0.3) is 0 Å². The van der Waals surface area contributed by atoms with E-state index in [1.165, 1.54) is 12.4 Å². The molecule has 1 heterocycles. The fraction of sp³-hybridized carbons (Fsp3) is 0.250. The minimum atomic E-state index is -4.49. The zero-order chi connectivity index (χ0) is 10.6. The van der Waals surface area contributed by atoms with Gasteiger partial charge < -0.3 is 5.32 Å². The number of terminal acetylenes is 1. The average Bonchev–Trinajstić information content (AvgIpc) is 2.14. The molecule has 1 aromatic heterocycles. The van der Waals surface area contributed by atoms with Gasteiger partial charge in [-0.25, -0.2) is 4.98 Å². The van der Waals surface area contributed by atoms with E-state index in [1.807, 2.05) is 5.32 Å². The van der Waals surface area contributed by atoms with Crippen molar-refractivity contribution in [2.24, 2.45) is 0 Å². The Kier molecular flexibility index (Phi) is 2.92. The van der Waals surface area contributed by atoms with E-state index in [2.05, 4.69) is 9.97 Å². The maximum absolute atomic E-state index is 12.2. The lowest BCUT2D eigenvalue weighted by atomic mass is 10.3. The Balaban J connectivity index is 2.74. The summed E-state index contributed by atoms with van der Waals surface area (Å²) in [5, 5.41) is 2.03. The molecular formula is C8H6F3N3. The highest BCUT2D eigenvalue weighted by Gasteiger charge is 2.38. The van der Waals surface area contributed by atoms with Crippen LogP contribution in [0.1, 0.15) is 0 Å². The fourth-order valence-corrected chi connectivity index (χ4v) is 0.740. The average molecular weight is 201 g/mol. The van der Waals surface area contributed by atoms with Crippen molar-refractivity contribution in [3.8, 4) is 12.3 Å². The van der Waals surface area contributed by atoms with Gasteiger partial charge in [0.25, 0.3) is 0 Å². The van der Waals surface area contributed by atoms with Gasteiger partial charge in [-0.3, -0.25) is 4.98 Å². The predicted octanol–water partition coefficient (Wildman–Crippen LogP) is 1.45. The van der Waals surface area contributed by atoms with Crippen LogP contribution in [0.2, 0.25) is 0 Å². The molecule has 3 nitrogen and oxygen atoms in total. The van der Waals surface area contributed by atoms with Gasteiger partial charge in [0.1, 0.15) is 5.82 Å². The molecule has 0 aromatic carbocycles. The van der Waals surface area contributed by atoms with Crippen LogP contribution in [-0.4, -0.2) is 22.2 Å². The van der Waals surface area contributed by atoms with E-state index in [1.54, 1.807) is 5.92 Å². The molecule has 0 saturated heterocycles. The second-order valence-corrected chi connectivity index (χ2v) is 2.38. The normalized spacial score (nSPS) is 13.0. The number of hydrogen-bond donors (Lipinski definition) is 1. The summed E-state index contributed by atoms with van der Waals surface area (Å²) in [4.78, 5) is 7.20. The summed E-state index contributed by atoms with van der Waals surface area (Å²) >= 11 is 0. The molecule has 14 heavy (non-hydrogen) atoms. The fourth-order valence-electron chi connectivity index (χ4n) is 0.740. The largest absolute Gasteiger partial charge is 0.420 e. The van der Waals surface area contributed by atoms with E-state index in [0.29, 0.717) is 0 Å². The molecule has 0 spiro atoms. The zero-order valence-electron chi connectivity index (χ0n) is 6.92. The van der Waals surface area contributed by atoms with Gasteiger partial charge >= 0.3 is 6.18 Å². The molecule has 0 amide bonds. The van der Waals surface area contributed by atoms with Crippen molar-refractivity contribution in [3.63, 3.8) is 0 Å². The van der Waals surface area contributed by atoms with Crippen molar-refractivity contribution >= 4 is 5.82 Å². The van der Waals surface area contributed by atoms with Gasteiger partial charge in [0, 0.05) is 12.4 Å². The van der Waals surface area contributed by atoms with E-state index in [0.717, 1.165) is 6.20 Å².